The number of aromatic nitrogens is 1. The van der Waals surface area contributed by atoms with Gasteiger partial charge in [0, 0.05) is 12.8 Å². The van der Waals surface area contributed by atoms with Gasteiger partial charge in [-0.2, -0.15) is 0 Å². The van der Waals surface area contributed by atoms with Crippen molar-refractivity contribution >= 4 is 5.84 Å². The Balaban J connectivity index is 2.10. The number of pyridine rings is 1. The first kappa shape index (κ1) is 12.8. The Morgan fingerprint density at radius 1 is 1.56 bits per heavy atom. The summed E-state index contributed by atoms with van der Waals surface area (Å²) in [5, 5.41) is 11.8. The second kappa shape index (κ2) is 6.32. The summed E-state index contributed by atoms with van der Waals surface area (Å²) in [6.07, 6.45) is 3.53. The Bertz CT molecular complexity index is 391. The highest BCUT2D eigenvalue weighted by atomic mass is 16.7. The standard InChI is InChI=1S/C12H17N3O3/c13-12(15-16)11(9-5-1-3-7-14-9)18-10-6-2-4-8-17-10/h1,3,5,7,10-11,16H,2,4,6,8H2,(H2,13,15). The van der Waals surface area contributed by atoms with E-state index in [1.165, 1.54) is 0 Å². The van der Waals surface area contributed by atoms with Crippen molar-refractivity contribution in [3.05, 3.63) is 30.1 Å². The van der Waals surface area contributed by atoms with E-state index in [0.717, 1.165) is 19.3 Å². The number of nitrogens with two attached hydrogens (primary N) is 1. The van der Waals surface area contributed by atoms with E-state index in [1.807, 2.05) is 6.07 Å². The molecule has 2 atom stereocenters. The summed E-state index contributed by atoms with van der Waals surface area (Å²) in [7, 11) is 0. The van der Waals surface area contributed by atoms with E-state index in [4.69, 9.17) is 20.4 Å². The zero-order chi connectivity index (χ0) is 12.8. The fourth-order valence-corrected chi connectivity index (χ4v) is 1.84. The monoisotopic (exact) mass is 251 g/mol. The largest absolute Gasteiger partial charge is 0.409 e. The van der Waals surface area contributed by atoms with E-state index < -0.39 is 6.10 Å². The first-order valence-electron chi connectivity index (χ1n) is 5.96. The fourth-order valence-electron chi connectivity index (χ4n) is 1.84. The molecule has 0 spiro atoms. The summed E-state index contributed by atoms with van der Waals surface area (Å²) in [4.78, 5) is 4.16. The van der Waals surface area contributed by atoms with Gasteiger partial charge in [-0.25, -0.2) is 0 Å². The van der Waals surface area contributed by atoms with Crippen LogP contribution in [0.25, 0.3) is 0 Å². The van der Waals surface area contributed by atoms with Crippen LogP contribution in [0.1, 0.15) is 31.1 Å². The molecule has 98 valence electrons. The van der Waals surface area contributed by atoms with Crippen molar-refractivity contribution in [3.8, 4) is 0 Å². The van der Waals surface area contributed by atoms with Gasteiger partial charge in [0.2, 0.25) is 0 Å². The minimum atomic E-state index is -0.681. The summed E-state index contributed by atoms with van der Waals surface area (Å²) in [5.41, 5.74) is 6.24. The molecule has 3 N–H and O–H groups in total. The Hall–Kier alpha value is -1.66. The maximum atomic E-state index is 8.81. The topological polar surface area (TPSA) is 90.0 Å². The number of amidine groups is 1. The molecule has 2 heterocycles. The van der Waals surface area contributed by atoms with E-state index in [2.05, 4.69) is 10.1 Å². The molecule has 0 bridgehead atoms. The molecule has 1 aliphatic rings. The predicted octanol–water partition coefficient (Wildman–Crippen LogP) is 1.41. The molecule has 0 saturated carbocycles. The molecule has 0 radical (unpaired) electrons. The van der Waals surface area contributed by atoms with Gasteiger partial charge in [0.25, 0.3) is 0 Å². The molecular formula is C12H17N3O3. The molecule has 1 aromatic rings. The number of oxime groups is 1. The highest BCUT2D eigenvalue weighted by molar-refractivity contribution is 5.85. The van der Waals surface area contributed by atoms with Gasteiger partial charge in [0.05, 0.1) is 5.69 Å². The Morgan fingerprint density at radius 2 is 2.44 bits per heavy atom. The number of rotatable bonds is 4. The van der Waals surface area contributed by atoms with Crippen LogP contribution in [0.3, 0.4) is 0 Å². The third-order valence-electron chi connectivity index (χ3n) is 2.77. The van der Waals surface area contributed by atoms with Crippen LogP contribution in [0.5, 0.6) is 0 Å². The molecule has 0 aromatic carbocycles. The number of nitrogens with zero attached hydrogens (tertiary/aromatic N) is 2. The fraction of sp³-hybridized carbons (Fsp3) is 0.500. The van der Waals surface area contributed by atoms with Crippen LogP contribution in [0, 0.1) is 0 Å². The van der Waals surface area contributed by atoms with Gasteiger partial charge < -0.3 is 20.4 Å². The molecule has 1 aliphatic heterocycles. The molecule has 1 aromatic heterocycles. The predicted molar refractivity (Wildman–Crippen MR) is 65.1 cm³/mol. The van der Waals surface area contributed by atoms with Crippen molar-refractivity contribution in [3.63, 3.8) is 0 Å². The van der Waals surface area contributed by atoms with Gasteiger partial charge in [0.1, 0.15) is 0 Å². The summed E-state index contributed by atoms with van der Waals surface area (Å²) in [5.74, 6) is -0.0251. The van der Waals surface area contributed by atoms with Crippen molar-refractivity contribution in [1.82, 2.24) is 4.98 Å². The minimum Gasteiger partial charge on any atom is -0.409 e. The van der Waals surface area contributed by atoms with Crippen molar-refractivity contribution in [2.45, 2.75) is 31.7 Å². The summed E-state index contributed by atoms with van der Waals surface area (Å²) in [6, 6.07) is 5.39. The molecule has 0 amide bonds. The third-order valence-corrected chi connectivity index (χ3v) is 2.77. The Kier molecular flexibility index (Phi) is 4.49. The lowest BCUT2D eigenvalue weighted by Gasteiger charge is -2.26. The second-order valence-corrected chi connectivity index (χ2v) is 4.09. The van der Waals surface area contributed by atoms with Crippen molar-refractivity contribution in [2.24, 2.45) is 10.9 Å². The normalized spacial score (nSPS) is 22.7. The lowest BCUT2D eigenvalue weighted by molar-refractivity contribution is -0.177. The quantitative estimate of drug-likeness (QED) is 0.365. The smallest absolute Gasteiger partial charge is 0.174 e. The Labute approximate surface area is 105 Å². The third kappa shape index (κ3) is 3.18. The highest BCUT2D eigenvalue weighted by Crippen LogP contribution is 2.22. The molecule has 1 fully saturated rings. The van der Waals surface area contributed by atoms with Crippen LogP contribution in [0.15, 0.2) is 29.6 Å². The maximum Gasteiger partial charge on any atom is 0.174 e. The number of hydrogen-bond donors (Lipinski definition) is 2. The van der Waals surface area contributed by atoms with Gasteiger partial charge in [-0.05, 0) is 31.4 Å². The minimum absolute atomic E-state index is 0.0251. The molecule has 2 rings (SSSR count). The van der Waals surface area contributed by atoms with Crippen molar-refractivity contribution in [1.29, 1.82) is 0 Å². The zero-order valence-electron chi connectivity index (χ0n) is 10.0. The zero-order valence-corrected chi connectivity index (χ0v) is 10.0. The molecule has 1 saturated heterocycles. The molecule has 6 nitrogen and oxygen atoms in total. The number of hydrogen-bond acceptors (Lipinski definition) is 5. The highest BCUT2D eigenvalue weighted by Gasteiger charge is 2.25. The summed E-state index contributed by atoms with van der Waals surface area (Å²) >= 11 is 0. The molecule has 0 aliphatic carbocycles. The van der Waals surface area contributed by atoms with Crippen LogP contribution in [-0.4, -0.2) is 28.9 Å². The van der Waals surface area contributed by atoms with Crippen LogP contribution in [0.2, 0.25) is 0 Å². The van der Waals surface area contributed by atoms with Gasteiger partial charge in [-0.3, -0.25) is 4.98 Å². The van der Waals surface area contributed by atoms with E-state index in [1.54, 1.807) is 18.3 Å². The summed E-state index contributed by atoms with van der Waals surface area (Å²) in [6.45, 7) is 0.676. The van der Waals surface area contributed by atoms with Crippen LogP contribution >= 0.6 is 0 Å². The van der Waals surface area contributed by atoms with E-state index in [9.17, 15) is 0 Å². The first-order valence-corrected chi connectivity index (χ1v) is 5.96. The molecule has 18 heavy (non-hydrogen) atoms. The van der Waals surface area contributed by atoms with Gasteiger partial charge >= 0.3 is 0 Å². The average Bonchev–Trinajstić information content (AvgIpc) is 2.46. The van der Waals surface area contributed by atoms with Gasteiger partial charge in [-0.15, -0.1) is 0 Å². The molecule has 2 unspecified atom stereocenters. The molecular weight excluding hydrogens is 234 g/mol. The second-order valence-electron chi connectivity index (χ2n) is 4.09. The lowest BCUT2D eigenvalue weighted by atomic mass is 10.2. The van der Waals surface area contributed by atoms with E-state index >= 15 is 0 Å². The SMILES string of the molecule is NC(=NO)C(OC1CCCCO1)c1ccccn1. The first-order chi connectivity index (χ1) is 8.81. The number of ether oxygens (including phenoxy) is 2. The van der Waals surface area contributed by atoms with Crippen LogP contribution < -0.4 is 5.73 Å². The van der Waals surface area contributed by atoms with Crippen molar-refractivity contribution < 1.29 is 14.7 Å². The summed E-state index contributed by atoms with van der Waals surface area (Å²) < 4.78 is 11.2. The van der Waals surface area contributed by atoms with Crippen LogP contribution in [-0.2, 0) is 9.47 Å². The van der Waals surface area contributed by atoms with E-state index in [0.29, 0.717) is 12.3 Å². The van der Waals surface area contributed by atoms with Crippen molar-refractivity contribution in [2.75, 3.05) is 6.61 Å². The average molecular weight is 251 g/mol. The lowest BCUT2D eigenvalue weighted by Crippen LogP contribution is -2.31. The van der Waals surface area contributed by atoms with Gasteiger partial charge in [-0.1, -0.05) is 11.2 Å². The van der Waals surface area contributed by atoms with Crippen LogP contribution in [0.4, 0.5) is 0 Å². The van der Waals surface area contributed by atoms with Gasteiger partial charge in [0.15, 0.2) is 18.2 Å². The molecule has 6 heteroatoms. The van der Waals surface area contributed by atoms with E-state index in [-0.39, 0.29) is 12.1 Å². The maximum absolute atomic E-state index is 8.81. The Morgan fingerprint density at radius 3 is 3.06 bits per heavy atom.